The molecule has 39 nitrogen and oxygen atoms in total. The number of nitrogens with two attached hydrogens (primary N) is 6. The van der Waals surface area contributed by atoms with E-state index in [0.29, 0.717) is 56.4 Å². The van der Waals surface area contributed by atoms with Crippen LogP contribution in [0, 0.1) is 76.9 Å². The number of aryl methyl sites for hydroxylation is 2. The van der Waals surface area contributed by atoms with Crippen LogP contribution < -0.4 is 68.8 Å². The molecule has 0 spiro atoms. The number of Topliss-reactive ketones (excluding diaryl/α,β-unsaturated/α-hetero) is 1. The predicted molar refractivity (Wildman–Crippen MR) is 440 cm³/mol. The first kappa shape index (κ1) is 97.0. The molecule has 6 aliphatic heterocycles. The van der Waals surface area contributed by atoms with Gasteiger partial charge in [-0.1, -0.05) is 59.2 Å². The number of imidazole rings is 1. The number of rotatable bonds is 34. The number of carbonyl (C=O) groups excluding carboxylic acids is 9. The van der Waals surface area contributed by atoms with Crippen LogP contribution in [0.4, 0.5) is 16.4 Å². The smallest absolute Gasteiger partial charge is 0.756 e. The molecule has 18 N–H and O–H groups in total. The Balaban J connectivity index is 0.000000483. The van der Waals surface area contributed by atoms with Crippen molar-refractivity contribution in [2.75, 3.05) is 37.4 Å². The third-order valence-corrected chi connectivity index (χ3v) is 26.5. The number of carbonyl (C=O) groups is 9. The number of phosphoric ester groups is 1. The minimum Gasteiger partial charge on any atom is -0.756 e. The third-order valence-electron chi connectivity index (χ3n) is 24.4. The molecule has 9 amide bonds. The standard InChI is InChI=1S/C62H90N13O14P.C17H19N5O6S.CN.Co/c1-29-20-39-40(21-30(29)2)75(28-70-39)57-52(84)53(41(27-76)87-57)89-90(85,86)88-31(3)26-69-49(83)18-19-59(8)37(22-46(66)80)56-62(11)61(10,25-48(68)82)36(14-17-45(65)79)51(74-62)33(5)55-60(9,24-47(67)81)34(12-15-43(63)77)38(71-55)23-42-58(6,7)35(13-16-44(64)78)50(72-42)32(4)54(59)73-56;1-27-13-9-14(28-2)19-16(18-13)20-17(24)22-29(25,26)21-12-6-4-3-5-11(12)15(23)10-7-8-10;1-2;/h20-21,23,28,31,34-37,41,52-53,56-57,76,84H,12-19,22,24-27H2,1-11H3,(H15,63,64,65,66,67,68,69,71,72,73,74,77,78,79,80,81,82,83,85,86);3-6,9-10,21H,7-8H2,1-2H3,(H2,18,19,20,22,24);;/q;;-1;+3/p-2/t31?,34-,35-,36-,37+,41-,52-,53-,56-,57+,59-,60+,61+,62+;;;/m1.../s1. The van der Waals surface area contributed by atoms with Gasteiger partial charge in [0.25, 0.3) is 7.82 Å². The van der Waals surface area contributed by atoms with Gasteiger partial charge in [0.2, 0.25) is 59.1 Å². The van der Waals surface area contributed by atoms with E-state index in [0.717, 1.165) is 24.0 Å². The Hall–Kier alpha value is -10.4. The molecule has 15 atom stereocenters. The van der Waals surface area contributed by atoms with Gasteiger partial charge in [-0.15, -0.1) is 0 Å². The second-order valence-corrected chi connectivity index (χ2v) is 35.8. The van der Waals surface area contributed by atoms with Crippen LogP contribution in [0.5, 0.6) is 11.8 Å². The molecular weight excluding hydrogens is 1670 g/mol. The van der Waals surface area contributed by atoms with Gasteiger partial charge in [0.1, 0.15) is 18.3 Å². The molecule has 4 aromatic rings. The number of ether oxygens (including phenoxy) is 3. The molecule has 42 heteroatoms. The van der Waals surface area contributed by atoms with Crippen molar-refractivity contribution >= 4 is 111 Å². The van der Waals surface area contributed by atoms with Crippen molar-refractivity contribution in [3.05, 3.63) is 112 Å². The fraction of sp³-hybridized carbons (Fsp3) is 0.550. The number of hydrogen-bond donors (Lipinski definition) is 12. The van der Waals surface area contributed by atoms with E-state index in [4.69, 9.17) is 89.8 Å². The van der Waals surface area contributed by atoms with Gasteiger partial charge in [0.05, 0.1) is 56.0 Å². The molecular formula is C80H107CoN19O20PS. The Morgan fingerprint density at radius 2 is 1.37 bits per heavy atom. The first-order valence-electron chi connectivity index (χ1n) is 39.2. The molecule has 1 saturated carbocycles. The number of benzene rings is 2. The summed E-state index contributed by atoms with van der Waals surface area (Å²) in [5.74, 6) is -7.63. The molecule has 122 heavy (non-hydrogen) atoms. The van der Waals surface area contributed by atoms with Crippen molar-refractivity contribution in [1.29, 1.82) is 5.26 Å². The fourth-order valence-corrected chi connectivity index (χ4v) is 19.7. The van der Waals surface area contributed by atoms with Gasteiger partial charge in [0, 0.05) is 126 Å². The molecule has 2 aromatic carbocycles. The second-order valence-electron chi connectivity index (χ2n) is 33.1. The van der Waals surface area contributed by atoms with E-state index in [9.17, 15) is 71.2 Å². The zero-order valence-corrected chi connectivity index (χ0v) is 72.8. The number of aliphatic hydroxyl groups excluding tert-OH is 2. The first-order chi connectivity index (χ1) is 56.6. The van der Waals surface area contributed by atoms with Gasteiger partial charge < -0.3 is 99.8 Å². The normalized spacial score (nSPS) is 28.4. The number of anilines is 2. The molecule has 2 aromatic heterocycles. The van der Waals surface area contributed by atoms with Crippen LogP contribution in [0.25, 0.3) is 16.4 Å². The molecule has 7 aliphatic rings. The van der Waals surface area contributed by atoms with Crippen molar-refractivity contribution in [1.82, 2.24) is 29.6 Å². The molecule has 8 heterocycles. The monoisotopic (exact) mass is 1780 g/mol. The maximum atomic E-state index is 14.4. The number of nitrogens with zero attached hydrogens (tertiary/aromatic N) is 9. The van der Waals surface area contributed by atoms with Gasteiger partial charge >= 0.3 is 33.0 Å². The van der Waals surface area contributed by atoms with Crippen LogP contribution >= 0.6 is 7.82 Å². The zero-order chi connectivity index (χ0) is 89.7. The molecule has 3 fully saturated rings. The van der Waals surface area contributed by atoms with Crippen molar-refractivity contribution in [3.8, 4) is 11.8 Å². The number of amides is 9. The number of para-hydroxylation sites is 1. The minimum absolute atomic E-state index is 0. The summed E-state index contributed by atoms with van der Waals surface area (Å²) in [4.78, 5) is 160. The van der Waals surface area contributed by atoms with E-state index in [1.165, 1.54) is 50.2 Å². The van der Waals surface area contributed by atoms with E-state index in [1.54, 1.807) is 23.8 Å². The largest absolute Gasteiger partial charge is 3.00 e. The number of urea groups is 1. The summed E-state index contributed by atoms with van der Waals surface area (Å²) in [6, 6.07) is 9.13. The Kier molecular flexibility index (Phi) is 30.7. The SMILES string of the molecule is C/C1=C2N=C(/C=C3N=C(/C(C)=C4\[N-][C@@](C)([C@@H]5N=C1[C@](C)(CCC(=O)NCC(C)OP(=O)([O-])O[C@H]1[C@@H](O)[C@@H](n6cnc7cc(C)c(C)cc76)O[C@@H]1CO)[C@H]5CC(N)=O)[C@@](C)(CC(N)=O)[C@@H]4CCC(N)=O)[C@@](C)(CC(N)=O)[C@@H]\3CCC(N)=O)C(C)(C)[C@@H]/2CCC(N)=O.COc1cc(OC)nc(NC(=O)NS(=O)(=O)Nc2ccccc2C(=O)C2CC2)n1.[C-]#N.[Co+3]. The molecule has 11 rings (SSSR count). The fourth-order valence-electron chi connectivity index (χ4n) is 17.8. The number of phosphoric acid groups is 1. The topological polar surface area (TPSA) is 637 Å². The average Bonchev–Trinajstić information content (AvgIpc) is 1.52. The number of fused-ring (bicyclic) bond motifs is 7. The van der Waals surface area contributed by atoms with E-state index in [1.807, 2.05) is 80.5 Å². The van der Waals surface area contributed by atoms with Gasteiger partial charge in [-0.3, -0.25) is 67.9 Å². The number of aliphatic hydroxyl groups is 2. The van der Waals surface area contributed by atoms with Crippen molar-refractivity contribution in [2.24, 2.45) is 101 Å². The Morgan fingerprint density at radius 1 is 0.779 bits per heavy atom. The van der Waals surface area contributed by atoms with Crippen LogP contribution in [-0.4, -0.2) is 172 Å². The number of aliphatic imine (C=N–C) groups is 3. The van der Waals surface area contributed by atoms with Crippen LogP contribution in [0.3, 0.4) is 0 Å². The maximum absolute atomic E-state index is 14.4. The van der Waals surface area contributed by atoms with E-state index in [-0.39, 0.29) is 135 Å². The van der Waals surface area contributed by atoms with Gasteiger partial charge in [-0.25, -0.2) is 14.5 Å². The molecule has 2 unspecified atom stereocenters. The summed E-state index contributed by atoms with van der Waals surface area (Å²) in [6.07, 6.45) is -3.22. The minimum atomic E-state index is -5.32. The second kappa shape index (κ2) is 38.6. The van der Waals surface area contributed by atoms with Crippen LogP contribution in [0.1, 0.15) is 173 Å². The molecule has 0 radical (unpaired) electrons. The van der Waals surface area contributed by atoms with Crippen molar-refractivity contribution in [2.45, 2.75) is 202 Å². The number of methoxy groups -OCH3 is 2. The van der Waals surface area contributed by atoms with Gasteiger partial charge in [0.15, 0.2) is 12.0 Å². The van der Waals surface area contributed by atoms with Crippen LogP contribution in [0.15, 0.2) is 98.1 Å². The summed E-state index contributed by atoms with van der Waals surface area (Å²) >= 11 is 0. The summed E-state index contributed by atoms with van der Waals surface area (Å²) in [6.45, 7) is 23.7. The maximum Gasteiger partial charge on any atom is 3.00 e. The molecule has 8 bridgehead atoms. The first-order valence-corrected chi connectivity index (χ1v) is 42.2. The number of primary amides is 6. The van der Waals surface area contributed by atoms with E-state index < -0.39 is 160 Å². The van der Waals surface area contributed by atoms with Gasteiger partial charge in [-0.2, -0.15) is 24.1 Å². The third kappa shape index (κ3) is 20.9. The predicted octanol–water partition coefficient (Wildman–Crippen LogP) is 4.97. The van der Waals surface area contributed by atoms with Crippen molar-refractivity contribution in [3.63, 3.8) is 0 Å². The zero-order valence-electron chi connectivity index (χ0n) is 70.1. The summed E-state index contributed by atoms with van der Waals surface area (Å²) in [5.41, 5.74) is 37.0. The van der Waals surface area contributed by atoms with E-state index >= 15 is 0 Å². The molecule has 662 valence electrons. The Labute approximate surface area is 716 Å². The number of ketones is 1. The average molecular weight is 1780 g/mol. The summed E-state index contributed by atoms with van der Waals surface area (Å²) in [7, 11) is -6.93. The number of aromatic nitrogens is 4. The van der Waals surface area contributed by atoms with Gasteiger partial charge in [-0.05, 0) is 143 Å². The van der Waals surface area contributed by atoms with Crippen molar-refractivity contribution < 1.29 is 111 Å². The van der Waals surface area contributed by atoms with Crippen LogP contribution in [-0.2, 0) is 78.9 Å². The van der Waals surface area contributed by atoms with E-state index in [2.05, 4.69) is 30.3 Å². The number of allylic oxidation sites excluding steroid dienone is 6. The molecule has 1 aliphatic carbocycles. The molecule has 2 saturated heterocycles. The van der Waals surface area contributed by atoms with Crippen LogP contribution in [0.2, 0.25) is 0 Å². The summed E-state index contributed by atoms with van der Waals surface area (Å²) < 4.78 is 70.4. The number of nitrogens with one attached hydrogen (secondary N) is 4. The number of hydrogen-bond acceptors (Lipinski definition) is 27. The quantitative estimate of drug-likeness (QED) is 0.0167. The summed E-state index contributed by atoms with van der Waals surface area (Å²) in [5, 5.41) is 38.6. The Morgan fingerprint density at radius 3 is 1.94 bits per heavy atom. The Bertz CT molecular complexity index is 5140.